The van der Waals surface area contributed by atoms with Crippen LogP contribution in [0.1, 0.15) is 32.8 Å². The van der Waals surface area contributed by atoms with Gasteiger partial charge in [-0.1, -0.05) is 19.1 Å². The van der Waals surface area contributed by atoms with E-state index >= 15 is 0 Å². The van der Waals surface area contributed by atoms with E-state index in [-0.39, 0.29) is 12.0 Å². The van der Waals surface area contributed by atoms with Crippen LogP contribution in [-0.2, 0) is 21.4 Å². The Morgan fingerprint density at radius 1 is 1.07 bits per heavy atom. The molecule has 0 radical (unpaired) electrons. The van der Waals surface area contributed by atoms with Gasteiger partial charge in [-0.2, -0.15) is 0 Å². The first kappa shape index (κ1) is 23.5. The van der Waals surface area contributed by atoms with Gasteiger partial charge >= 0.3 is 0 Å². The monoisotopic (exact) mass is 434 g/mol. The molecule has 8 heteroatoms. The van der Waals surface area contributed by atoms with Crippen LogP contribution in [-0.4, -0.2) is 39.8 Å². The van der Waals surface area contributed by atoms with Crippen LogP contribution >= 0.6 is 0 Å². The number of carbonyl (C=O) groups excluding carboxylic acids is 1. The number of nitrogens with one attached hydrogen (secondary N) is 1. The van der Waals surface area contributed by atoms with Gasteiger partial charge in [0.05, 0.1) is 18.0 Å². The average molecular weight is 435 g/mol. The Balaban J connectivity index is 1.97. The predicted molar refractivity (Wildman–Crippen MR) is 118 cm³/mol. The number of nitrogens with zero attached hydrogens (tertiary/aromatic N) is 1. The molecule has 2 aromatic carbocycles. The highest BCUT2D eigenvalue weighted by Crippen LogP contribution is 2.21. The number of hydrogen-bond acceptors (Lipinski definition) is 5. The molecule has 7 nitrogen and oxygen atoms in total. The van der Waals surface area contributed by atoms with Crippen LogP contribution in [0, 0.1) is 0 Å². The Labute approximate surface area is 179 Å². The molecule has 0 saturated carbocycles. The van der Waals surface area contributed by atoms with Crippen LogP contribution in [0.3, 0.4) is 0 Å². The molecule has 164 valence electrons. The summed E-state index contributed by atoms with van der Waals surface area (Å²) < 4.78 is 35.9. The van der Waals surface area contributed by atoms with Gasteiger partial charge in [0, 0.05) is 13.6 Å². The Morgan fingerprint density at radius 3 is 2.30 bits per heavy atom. The van der Waals surface area contributed by atoms with Gasteiger partial charge in [0.25, 0.3) is 5.91 Å². The number of benzene rings is 2. The number of sulfonamides is 1. The minimum Gasteiger partial charge on any atom is -0.491 e. The van der Waals surface area contributed by atoms with Crippen LogP contribution in [0.25, 0.3) is 0 Å². The molecular formula is C22H30N2O5S. The fourth-order valence-corrected chi connectivity index (χ4v) is 3.22. The number of anilines is 1. The third kappa shape index (κ3) is 6.95. The van der Waals surface area contributed by atoms with Crippen LogP contribution in [0.15, 0.2) is 48.5 Å². The summed E-state index contributed by atoms with van der Waals surface area (Å²) in [6.45, 7) is 6.16. The molecule has 0 aromatic heterocycles. The number of hydrogen-bond donors (Lipinski definition) is 1. The maximum absolute atomic E-state index is 12.6. The zero-order chi connectivity index (χ0) is 22.3. The highest BCUT2D eigenvalue weighted by molar-refractivity contribution is 7.92. The first-order valence-corrected chi connectivity index (χ1v) is 11.7. The fourth-order valence-electron chi connectivity index (χ4n) is 2.72. The molecule has 0 fully saturated rings. The molecule has 0 spiro atoms. The normalized spacial score (nSPS) is 12.3. The van der Waals surface area contributed by atoms with Gasteiger partial charge in [0.1, 0.15) is 11.5 Å². The SMILES string of the molecule is CCC(Oc1ccc(N(C)S(C)(=O)=O)cc1)C(=O)NCc1cccc(OC(C)C)c1. The average Bonchev–Trinajstić information content (AvgIpc) is 2.69. The fraction of sp³-hybridized carbons (Fsp3) is 0.409. The predicted octanol–water partition coefficient (Wildman–Crippen LogP) is 3.34. The van der Waals surface area contributed by atoms with Gasteiger partial charge < -0.3 is 14.8 Å². The third-order valence-corrected chi connectivity index (χ3v) is 5.58. The lowest BCUT2D eigenvalue weighted by Gasteiger charge is -2.19. The summed E-state index contributed by atoms with van der Waals surface area (Å²) in [5.74, 6) is 1.04. The molecule has 1 unspecified atom stereocenters. The van der Waals surface area contributed by atoms with Gasteiger partial charge in [-0.05, 0) is 62.2 Å². The molecule has 2 aromatic rings. The highest BCUT2D eigenvalue weighted by Gasteiger charge is 2.19. The van der Waals surface area contributed by atoms with Crippen molar-refractivity contribution in [1.29, 1.82) is 0 Å². The minimum absolute atomic E-state index is 0.0799. The van der Waals surface area contributed by atoms with E-state index in [0.717, 1.165) is 17.6 Å². The van der Waals surface area contributed by atoms with Crippen molar-refractivity contribution in [2.45, 2.75) is 45.9 Å². The maximum Gasteiger partial charge on any atom is 0.261 e. The van der Waals surface area contributed by atoms with Gasteiger partial charge in [-0.3, -0.25) is 9.10 Å². The van der Waals surface area contributed by atoms with Crippen LogP contribution < -0.4 is 19.1 Å². The maximum atomic E-state index is 12.6. The summed E-state index contributed by atoms with van der Waals surface area (Å²) in [5, 5.41) is 2.89. The van der Waals surface area contributed by atoms with E-state index in [9.17, 15) is 13.2 Å². The Hall–Kier alpha value is -2.74. The summed E-state index contributed by atoms with van der Waals surface area (Å²) in [4.78, 5) is 12.6. The molecule has 1 amide bonds. The van der Waals surface area contributed by atoms with E-state index in [1.54, 1.807) is 24.3 Å². The van der Waals surface area contributed by atoms with Crippen molar-refractivity contribution in [3.63, 3.8) is 0 Å². The van der Waals surface area contributed by atoms with Crippen molar-refractivity contribution in [1.82, 2.24) is 5.32 Å². The standard InChI is InChI=1S/C22H30N2O5S/c1-6-21(29-19-12-10-18(11-13-19)24(4)30(5,26)27)22(25)23-15-17-8-7-9-20(14-17)28-16(2)3/h7-14,16,21H,6,15H2,1-5H3,(H,23,25). The van der Waals surface area contributed by atoms with Crippen molar-refractivity contribution >= 4 is 21.6 Å². The molecule has 0 saturated heterocycles. The van der Waals surface area contributed by atoms with Crippen LogP contribution in [0.2, 0.25) is 0 Å². The van der Waals surface area contributed by atoms with E-state index in [4.69, 9.17) is 9.47 Å². The van der Waals surface area contributed by atoms with Gasteiger partial charge in [-0.25, -0.2) is 8.42 Å². The molecule has 0 bridgehead atoms. The smallest absolute Gasteiger partial charge is 0.261 e. The van der Waals surface area contributed by atoms with Gasteiger partial charge in [0.2, 0.25) is 10.0 Å². The Morgan fingerprint density at radius 2 is 1.73 bits per heavy atom. The van der Waals surface area contributed by atoms with E-state index in [2.05, 4.69) is 5.32 Å². The molecule has 1 N–H and O–H groups in total. The third-order valence-electron chi connectivity index (χ3n) is 4.38. The summed E-state index contributed by atoms with van der Waals surface area (Å²) in [6.07, 6.45) is 1.06. The lowest BCUT2D eigenvalue weighted by Crippen LogP contribution is -2.37. The lowest BCUT2D eigenvalue weighted by molar-refractivity contribution is -0.128. The lowest BCUT2D eigenvalue weighted by atomic mass is 10.2. The first-order valence-electron chi connectivity index (χ1n) is 9.84. The number of amides is 1. The van der Waals surface area contributed by atoms with E-state index in [1.165, 1.54) is 11.4 Å². The van der Waals surface area contributed by atoms with Gasteiger partial charge in [-0.15, -0.1) is 0 Å². The molecule has 30 heavy (non-hydrogen) atoms. The Kier molecular flexibility index (Phi) is 8.11. The molecule has 0 aliphatic heterocycles. The van der Waals surface area contributed by atoms with Gasteiger partial charge in [0.15, 0.2) is 6.10 Å². The number of ether oxygens (including phenoxy) is 2. The summed E-state index contributed by atoms with van der Waals surface area (Å²) >= 11 is 0. The van der Waals surface area contributed by atoms with E-state index < -0.39 is 16.1 Å². The summed E-state index contributed by atoms with van der Waals surface area (Å²) in [6, 6.07) is 14.2. The van der Waals surface area contributed by atoms with E-state index in [0.29, 0.717) is 24.4 Å². The molecule has 2 rings (SSSR count). The van der Waals surface area contributed by atoms with E-state index in [1.807, 2.05) is 45.0 Å². The van der Waals surface area contributed by atoms with Crippen LogP contribution in [0.5, 0.6) is 11.5 Å². The highest BCUT2D eigenvalue weighted by atomic mass is 32.2. The largest absolute Gasteiger partial charge is 0.491 e. The Bertz CT molecular complexity index is 942. The van der Waals surface area contributed by atoms with Crippen molar-refractivity contribution in [3.05, 3.63) is 54.1 Å². The zero-order valence-corrected chi connectivity index (χ0v) is 18.9. The van der Waals surface area contributed by atoms with Crippen molar-refractivity contribution in [3.8, 4) is 11.5 Å². The van der Waals surface area contributed by atoms with Crippen LogP contribution in [0.4, 0.5) is 5.69 Å². The molecule has 1 atom stereocenters. The second-order valence-corrected chi connectivity index (χ2v) is 9.28. The molecule has 0 heterocycles. The van der Waals surface area contributed by atoms with Crippen molar-refractivity contribution in [2.24, 2.45) is 0 Å². The summed E-state index contributed by atoms with van der Waals surface area (Å²) in [7, 11) is -1.85. The molecule has 0 aliphatic rings. The minimum atomic E-state index is -3.33. The first-order chi connectivity index (χ1) is 14.1. The zero-order valence-electron chi connectivity index (χ0n) is 18.1. The quantitative estimate of drug-likeness (QED) is 0.620. The topological polar surface area (TPSA) is 84.9 Å². The summed E-state index contributed by atoms with van der Waals surface area (Å²) in [5.41, 5.74) is 1.45. The number of carbonyl (C=O) groups is 1. The second kappa shape index (κ2) is 10.3. The molecular weight excluding hydrogens is 404 g/mol. The van der Waals surface area contributed by atoms with Crippen molar-refractivity contribution in [2.75, 3.05) is 17.6 Å². The number of rotatable bonds is 10. The van der Waals surface area contributed by atoms with Crippen molar-refractivity contribution < 1.29 is 22.7 Å². The molecule has 0 aliphatic carbocycles. The second-order valence-electron chi connectivity index (χ2n) is 7.27.